The zero-order valence-corrected chi connectivity index (χ0v) is 24.7. The van der Waals surface area contributed by atoms with Crippen LogP contribution in [0.2, 0.25) is 0 Å². The molecule has 0 bridgehead atoms. The highest BCUT2D eigenvalue weighted by Gasteiger charge is 2.31. The molecule has 6 rings (SSSR count). The van der Waals surface area contributed by atoms with Gasteiger partial charge < -0.3 is 34.8 Å². The van der Waals surface area contributed by atoms with Crippen LogP contribution in [0.25, 0.3) is 0 Å². The number of hydrogen-bond donors (Lipinski definition) is 4. The SMILES string of the molecule is COc1ccc2c(c1)C[C@H](O)N(C)[C@H]2Cc1ccc(O)c(Oc2ccc(CC3NCCc4cc(OC)c(O)cc43)cc2)c1. The Balaban J connectivity index is 1.16. The lowest BCUT2D eigenvalue weighted by Crippen LogP contribution is -2.41. The summed E-state index contributed by atoms with van der Waals surface area (Å²) in [5.74, 6) is 2.50. The Morgan fingerprint density at radius 2 is 1.53 bits per heavy atom. The van der Waals surface area contributed by atoms with Gasteiger partial charge in [-0.15, -0.1) is 0 Å². The summed E-state index contributed by atoms with van der Waals surface area (Å²) in [5, 5.41) is 35.3. The van der Waals surface area contributed by atoms with Crippen molar-refractivity contribution < 1.29 is 29.5 Å². The van der Waals surface area contributed by atoms with Gasteiger partial charge >= 0.3 is 0 Å². The van der Waals surface area contributed by atoms with E-state index in [1.165, 1.54) is 5.56 Å². The maximum absolute atomic E-state index is 10.7. The summed E-state index contributed by atoms with van der Waals surface area (Å²) in [6.45, 7) is 0.859. The van der Waals surface area contributed by atoms with Crippen molar-refractivity contribution in [1.82, 2.24) is 10.2 Å². The van der Waals surface area contributed by atoms with Crippen LogP contribution in [0.3, 0.4) is 0 Å². The number of benzene rings is 4. The molecule has 0 fully saturated rings. The zero-order chi connectivity index (χ0) is 30.1. The zero-order valence-electron chi connectivity index (χ0n) is 24.7. The van der Waals surface area contributed by atoms with Crippen molar-refractivity contribution in [1.29, 1.82) is 0 Å². The Hall–Kier alpha value is -4.24. The van der Waals surface area contributed by atoms with Gasteiger partial charge in [0.15, 0.2) is 23.0 Å². The molecule has 8 nitrogen and oxygen atoms in total. The highest BCUT2D eigenvalue weighted by molar-refractivity contribution is 5.50. The smallest absolute Gasteiger partial charge is 0.169 e. The minimum atomic E-state index is -0.596. The van der Waals surface area contributed by atoms with Gasteiger partial charge in [0.2, 0.25) is 0 Å². The summed E-state index contributed by atoms with van der Waals surface area (Å²) in [6, 6.07) is 23.1. The molecule has 2 heterocycles. The van der Waals surface area contributed by atoms with Gasteiger partial charge in [-0.25, -0.2) is 0 Å². The third-order valence-electron chi connectivity index (χ3n) is 8.72. The topological polar surface area (TPSA) is 104 Å². The third-order valence-corrected chi connectivity index (χ3v) is 8.72. The van der Waals surface area contributed by atoms with Crippen LogP contribution in [-0.2, 0) is 25.7 Å². The summed E-state index contributed by atoms with van der Waals surface area (Å²) in [4.78, 5) is 1.98. The predicted octanol–water partition coefficient (Wildman–Crippen LogP) is 5.43. The van der Waals surface area contributed by atoms with E-state index in [1.54, 1.807) is 26.4 Å². The largest absolute Gasteiger partial charge is 0.504 e. The van der Waals surface area contributed by atoms with E-state index in [1.807, 2.05) is 66.5 Å². The van der Waals surface area contributed by atoms with E-state index in [0.717, 1.165) is 53.0 Å². The van der Waals surface area contributed by atoms with Crippen molar-refractivity contribution in [3.8, 4) is 34.5 Å². The number of rotatable bonds is 8. The molecule has 0 aliphatic carbocycles. The van der Waals surface area contributed by atoms with E-state index in [2.05, 4.69) is 11.4 Å². The van der Waals surface area contributed by atoms with Crippen LogP contribution in [-0.4, -0.2) is 54.3 Å². The molecule has 43 heavy (non-hydrogen) atoms. The molecular weight excluding hydrogens is 544 g/mol. The van der Waals surface area contributed by atoms with Gasteiger partial charge in [0.25, 0.3) is 0 Å². The van der Waals surface area contributed by atoms with Gasteiger partial charge in [-0.1, -0.05) is 24.3 Å². The van der Waals surface area contributed by atoms with Crippen molar-refractivity contribution in [2.24, 2.45) is 0 Å². The van der Waals surface area contributed by atoms with E-state index in [-0.39, 0.29) is 23.6 Å². The predicted molar refractivity (Wildman–Crippen MR) is 164 cm³/mol. The molecular formula is C35H38N2O6. The Morgan fingerprint density at radius 1 is 0.767 bits per heavy atom. The van der Waals surface area contributed by atoms with Crippen LogP contribution in [0.15, 0.2) is 72.8 Å². The minimum Gasteiger partial charge on any atom is -0.504 e. The molecule has 0 radical (unpaired) electrons. The first-order valence-electron chi connectivity index (χ1n) is 14.6. The molecule has 2 aliphatic heterocycles. The first-order chi connectivity index (χ1) is 20.8. The number of nitrogens with zero attached hydrogens (tertiary/aromatic N) is 1. The van der Waals surface area contributed by atoms with Crippen LogP contribution >= 0.6 is 0 Å². The van der Waals surface area contributed by atoms with E-state index in [9.17, 15) is 15.3 Å². The number of aromatic hydroxyl groups is 2. The van der Waals surface area contributed by atoms with E-state index >= 15 is 0 Å². The Bertz CT molecular complexity index is 1610. The quantitative estimate of drug-likeness (QED) is 0.218. The fraction of sp³-hybridized carbons (Fsp3) is 0.314. The Labute approximate surface area is 252 Å². The van der Waals surface area contributed by atoms with Crippen molar-refractivity contribution in [3.63, 3.8) is 0 Å². The third kappa shape index (κ3) is 5.99. The number of ether oxygens (including phenoxy) is 3. The lowest BCUT2D eigenvalue weighted by molar-refractivity contribution is -0.0163. The molecule has 0 saturated heterocycles. The lowest BCUT2D eigenvalue weighted by Gasteiger charge is -2.38. The van der Waals surface area contributed by atoms with Gasteiger partial charge in [0.05, 0.1) is 14.2 Å². The molecule has 3 atom stereocenters. The lowest BCUT2D eigenvalue weighted by atomic mass is 9.88. The molecule has 0 saturated carbocycles. The summed E-state index contributed by atoms with van der Waals surface area (Å²) >= 11 is 0. The monoisotopic (exact) mass is 582 g/mol. The highest BCUT2D eigenvalue weighted by atomic mass is 16.5. The summed E-state index contributed by atoms with van der Waals surface area (Å²) in [6.07, 6.45) is 2.23. The van der Waals surface area contributed by atoms with Crippen molar-refractivity contribution in [2.75, 3.05) is 27.8 Å². The molecule has 8 heteroatoms. The van der Waals surface area contributed by atoms with Gasteiger partial charge in [0, 0.05) is 18.5 Å². The van der Waals surface area contributed by atoms with Gasteiger partial charge in [0.1, 0.15) is 17.7 Å². The van der Waals surface area contributed by atoms with E-state index < -0.39 is 6.23 Å². The van der Waals surface area contributed by atoms with Crippen LogP contribution in [0.4, 0.5) is 0 Å². The second-order valence-electron chi connectivity index (χ2n) is 11.4. The second kappa shape index (κ2) is 12.2. The Morgan fingerprint density at radius 3 is 2.30 bits per heavy atom. The van der Waals surface area contributed by atoms with Crippen LogP contribution in [0.5, 0.6) is 34.5 Å². The maximum Gasteiger partial charge on any atom is 0.169 e. The molecule has 4 aromatic carbocycles. The average Bonchev–Trinajstić information content (AvgIpc) is 3.01. The number of likely N-dealkylation sites (N-methyl/N-ethyl adjacent to an activating group) is 1. The number of phenolic OH excluding ortho intramolecular Hbond substituents is 2. The summed E-state index contributed by atoms with van der Waals surface area (Å²) in [5.41, 5.74) is 6.62. The van der Waals surface area contributed by atoms with Gasteiger partial charge in [-0.05, 0) is 115 Å². The maximum atomic E-state index is 10.7. The first kappa shape index (κ1) is 28.9. The van der Waals surface area contributed by atoms with Crippen molar-refractivity contribution >= 4 is 0 Å². The van der Waals surface area contributed by atoms with Gasteiger partial charge in [-0.2, -0.15) is 0 Å². The molecule has 0 aromatic heterocycles. The molecule has 0 spiro atoms. The number of hydrogen-bond acceptors (Lipinski definition) is 8. The molecule has 2 aliphatic rings. The van der Waals surface area contributed by atoms with Crippen LogP contribution in [0.1, 0.15) is 45.5 Å². The average molecular weight is 583 g/mol. The summed E-state index contributed by atoms with van der Waals surface area (Å²) < 4.78 is 16.8. The minimum absolute atomic E-state index is 0.0390. The number of nitrogens with one attached hydrogen (secondary N) is 1. The second-order valence-corrected chi connectivity index (χ2v) is 11.4. The number of aliphatic hydroxyl groups is 1. The standard InChI is InChI=1S/C35H38N2O6/c1-37-30(27-10-9-26(41-2)17-24(27)19-35(37)40)15-22-6-11-31(38)34(16-22)43-25-7-4-21(5-8-25)14-29-28-20-32(39)33(42-3)18-23(28)12-13-36-29/h4-11,16-18,20,29-30,35-36,38-40H,12-15,19H2,1-3H3/t29?,30-,35-/m0/s1. The van der Waals surface area contributed by atoms with E-state index in [0.29, 0.717) is 30.1 Å². The normalized spacial score (nSPS) is 19.8. The fourth-order valence-electron chi connectivity index (χ4n) is 6.28. The Kier molecular flexibility index (Phi) is 8.17. The number of aliphatic hydroxyl groups excluding tert-OH is 1. The van der Waals surface area contributed by atoms with Gasteiger partial charge in [-0.3, -0.25) is 4.90 Å². The summed E-state index contributed by atoms with van der Waals surface area (Å²) in [7, 11) is 5.15. The number of methoxy groups -OCH3 is 2. The molecule has 224 valence electrons. The molecule has 0 amide bonds. The van der Waals surface area contributed by atoms with Crippen LogP contribution in [0, 0.1) is 0 Å². The van der Waals surface area contributed by atoms with E-state index in [4.69, 9.17) is 14.2 Å². The number of phenols is 2. The molecule has 1 unspecified atom stereocenters. The first-order valence-corrected chi connectivity index (χ1v) is 14.6. The van der Waals surface area contributed by atoms with Crippen molar-refractivity contribution in [2.45, 2.75) is 44.0 Å². The highest BCUT2D eigenvalue weighted by Crippen LogP contribution is 2.39. The fourth-order valence-corrected chi connectivity index (χ4v) is 6.28. The molecule has 4 aromatic rings. The van der Waals surface area contributed by atoms with Crippen molar-refractivity contribution in [3.05, 3.63) is 106 Å². The van der Waals surface area contributed by atoms with Crippen LogP contribution < -0.4 is 19.5 Å². The molecule has 4 N–H and O–H groups in total. The number of fused-ring (bicyclic) bond motifs is 2.